The number of esters is 1. The zero-order valence-corrected chi connectivity index (χ0v) is 13.7. The molecule has 0 heterocycles. The molecule has 0 unspecified atom stereocenters. The number of unbranched alkanes of at least 4 members (excludes halogenated alkanes) is 1. The number of benzene rings is 2. The maximum atomic E-state index is 12.8. The molecule has 0 fully saturated rings. The third-order valence-electron chi connectivity index (χ3n) is 3.56. The molecule has 6 heteroatoms. The summed E-state index contributed by atoms with van der Waals surface area (Å²) in [5.74, 6) is -1.85. The number of para-hydroxylation sites is 1. The Kier molecular flexibility index (Phi) is 6.42. The van der Waals surface area contributed by atoms with E-state index in [0.717, 1.165) is 6.42 Å². The van der Waals surface area contributed by atoms with E-state index in [2.05, 4.69) is 4.89 Å². The highest BCUT2D eigenvalue weighted by Gasteiger charge is 2.22. The molecule has 2 aromatic carbocycles. The van der Waals surface area contributed by atoms with Gasteiger partial charge in [0.15, 0.2) is 5.78 Å². The largest absolute Gasteiger partial charge is 0.426 e. The highest BCUT2D eigenvalue weighted by molar-refractivity contribution is 6.15. The van der Waals surface area contributed by atoms with Crippen LogP contribution in [0.2, 0.25) is 0 Å². The van der Waals surface area contributed by atoms with Crippen molar-refractivity contribution in [3.05, 3.63) is 65.2 Å². The molecule has 0 radical (unpaired) electrons. The van der Waals surface area contributed by atoms with Gasteiger partial charge in [-0.1, -0.05) is 43.7 Å². The van der Waals surface area contributed by atoms with Crippen LogP contribution in [0.15, 0.2) is 48.5 Å². The molecule has 2 rings (SSSR count). The van der Waals surface area contributed by atoms with Crippen molar-refractivity contribution in [1.29, 1.82) is 0 Å². The van der Waals surface area contributed by atoms with Crippen LogP contribution in [0.25, 0.3) is 0 Å². The number of carbonyl (C=O) groups excluding carboxylic acids is 3. The Labute approximate surface area is 144 Å². The minimum atomic E-state index is -1.04. The fourth-order valence-electron chi connectivity index (χ4n) is 2.29. The van der Waals surface area contributed by atoms with Gasteiger partial charge in [-0.2, -0.15) is 5.26 Å². The zero-order valence-electron chi connectivity index (χ0n) is 13.7. The minimum Gasteiger partial charge on any atom is -0.426 e. The molecular weight excluding hydrogens is 324 g/mol. The van der Waals surface area contributed by atoms with Crippen molar-refractivity contribution in [2.75, 3.05) is 0 Å². The first-order chi connectivity index (χ1) is 12.1. The van der Waals surface area contributed by atoms with E-state index in [1.165, 1.54) is 24.3 Å². The smallest absolute Gasteiger partial charge is 0.373 e. The van der Waals surface area contributed by atoms with Crippen molar-refractivity contribution in [2.45, 2.75) is 26.2 Å². The summed E-state index contributed by atoms with van der Waals surface area (Å²) in [5.41, 5.74) is 0.103. The lowest BCUT2D eigenvalue weighted by Crippen LogP contribution is -2.14. The van der Waals surface area contributed by atoms with Crippen molar-refractivity contribution in [3.63, 3.8) is 0 Å². The number of hydrogen-bond acceptors (Lipinski definition) is 6. The molecule has 0 atom stereocenters. The molecule has 0 aliphatic heterocycles. The highest BCUT2D eigenvalue weighted by atomic mass is 17.1. The predicted molar refractivity (Wildman–Crippen MR) is 89.5 cm³/mol. The maximum Gasteiger partial charge on any atom is 0.373 e. The van der Waals surface area contributed by atoms with E-state index < -0.39 is 17.7 Å². The van der Waals surface area contributed by atoms with E-state index in [0.29, 0.717) is 6.42 Å². The van der Waals surface area contributed by atoms with Crippen LogP contribution in [0.3, 0.4) is 0 Å². The van der Waals surface area contributed by atoms with E-state index >= 15 is 0 Å². The van der Waals surface area contributed by atoms with Crippen molar-refractivity contribution >= 4 is 17.7 Å². The molecule has 0 aromatic heterocycles. The van der Waals surface area contributed by atoms with Gasteiger partial charge in [0.05, 0.1) is 11.1 Å². The third-order valence-corrected chi connectivity index (χ3v) is 3.56. The van der Waals surface area contributed by atoms with Gasteiger partial charge in [-0.25, -0.2) is 4.79 Å². The lowest BCUT2D eigenvalue weighted by atomic mass is 9.98. The van der Waals surface area contributed by atoms with Gasteiger partial charge in [-0.15, -0.1) is 0 Å². The molecule has 25 heavy (non-hydrogen) atoms. The molecule has 0 amide bonds. The standard InChI is InChI=1S/C19H18O6/c1-2-3-12-17(20)24-16-11-7-6-10-15(16)18(21)13-8-4-5-9-14(13)19(22)25-23/h4-11,23H,2-3,12H2,1H3. The zero-order chi connectivity index (χ0) is 18.2. The Morgan fingerprint density at radius 1 is 0.920 bits per heavy atom. The molecule has 2 aromatic rings. The van der Waals surface area contributed by atoms with Crippen molar-refractivity contribution in [1.82, 2.24) is 0 Å². The lowest BCUT2D eigenvalue weighted by molar-refractivity contribution is -0.182. The molecule has 0 aliphatic carbocycles. The van der Waals surface area contributed by atoms with Crippen LogP contribution in [0.5, 0.6) is 5.75 Å². The second kappa shape index (κ2) is 8.75. The Morgan fingerprint density at radius 2 is 1.52 bits per heavy atom. The molecular formula is C19H18O6. The summed E-state index contributed by atoms with van der Waals surface area (Å²) in [6.45, 7) is 1.96. The summed E-state index contributed by atoms with van der Waals surface area (Å²) in [6, 6.07) is 12.2. The maximum absolute atomic E-state index is 12.8. The number of hydrogen-bond donors (Lipinski definition) is 1. The summed E-state index contributed by atoms with van der Waals surface area (Å²) in [6.07, 6.45) is 1.80. The lowest BCUT2D eigenvalue weighted by Gasteiger charge is -2.11. The number of rotatable bonds is 7. The monoisotopic (exact) mass is 342 g/mol. The van der Waals surface area contributed by atoms with Gasteiger partial charge in [-0.3, -0.25) is 14.5 Å². The highest BCUT2D eigenvalue weighted by Crippen LogP contribution is 2.24. The van der Waals surface area contributed by atoms with Gasteiger partial charge in [0.25, 0.3) is 0 Å². The van der Waals surface area contributed by atoms with Crippen LogP contribution < -0.4 is 4.74 Å². The van der Waals surface area contributed by atoms with E-state index in [-0.39, 0.29) is 28.9 Å². The molecule has 0 saturated heterocycles. The van der Waals surface area contributed by atoms with E-state index in [4.69, 9.17) is 9.99 Å². The van der Waals surface area contributed by atoms with Crippen LogP contribution in [-0.2, 0) is 9.68 Å². The van der Waals surface area contributed by atoms with E-state index in [1.807, 2.05) is 6.92 Å². The number of ether oxygens (including phenoxy) is 1. The molecule has 0 spiro atoms. The predicted octanol–water partition coefficient (Wildman–Crippen LogP) is 3.64. The van der Waals surface area contributed by atoms with E-state index in [9.17, 15) is 14.4 Å². The van der Waals surface area contributed by atoms with Gasteiger partial charge < -0.3 is 4.74 Å². The van der Waals surface area contributed by atoms with Crippen molar-refractivity contribution < 1.29 is 29.3 Å². The van der Waals surface area contributed by atoms with Gasteiger partial charge in [0, 0.05) is 12.0 Å². The van der Waals surface area contributed by atoms with Crippen LogP contribution in [0.1, 0.15) is 52.5 Å². The van der Waals surface area contributed by atoms with Crippen LogP contribution in [-0.4, -0.2) is 23.0 Å². The van der Waals surface area contributed by atoms with E-state index in [1.54, 1.807) is 24.3 Å². The molecule has 130 valence electrons. The SMILES string of the molecule is CCCCC(=O)Oc1ccccc1C(=O)c1ccccc1C(=O)OO. The van der Waals surface area contributed by atoms with Crippen molar-refractivity contribution in [3.8, 4) is 5.75 Å². The van der Waals surface area contributed by atoms with Crippen LogP contribution >= 0.6 is 0 Å². The topological polar surface area (TPSA) is 89.9 Å². The van der Waals surface area contributed by atoms with Crippen molar-refractivity contribution in [2.24, 2.45) is 0 Å². The first-order valence-corrected chi connectivity index (χ1v) is 7.87. The molecule has 6 nitrogen and oxygen atoms in total. The molecule has 0 saturated carbocycles. The number of ketones is 1. The normalized spacial score (nSPS) is 10.2. The Hall–Kier alpha value is -2.99. The van der Waals surface area contributed by atoms with Gasteiger partial charge in [0.1, 0.15) is 5.75 Å². The summed E-state index contributed by atoms with van der Waals surface area (Å²) in [5, 5.41) is 8.59. The average Bonchev–Trinajstić information content (AvgIpc) is 2.65. The van der Waals surface area contributed by atoms with Crippen LogP contribution in [0, 0.1) is 0 Å². The summed E-state index contributed by atoms with van der Waals surface area (Å²) in [4.78, 5) is 40.1. The fraction of sp³-hybridized carbons (Fsp3) is 0.211. The second-order valence-corrected chi connectivity index (χ2v) is 5.33. The second-order valence-electron chi connectivity index (χ2n) is 5.33. The summed E-state index contributed by atoms with van der Waals surface area (Å²) < 4.78 is 5.29. The molecule has 0 bridgehead atoms. The molecule has 0 aliphatic rings. The van der Waals surface area contributed by atoms with Gasteiger partial charge in [-0.05, 0) is 24.6 Å². The average molecular weight is 342 g/mol. The fourth-order valence-corrected chi connectivity index (χ4v) is 2.29. The van der Waals surface area contributed by atoms with Crippen LogP contribution in [0.4, 0.5) is 0 Å². The Balaban J connectivity index is 2.35. The first kappa shape index (κ1) is 18.4. The molecule has 1 N–H and O–H groups in total. The quantitative estimate of drug-likeness (QED) is 0.272. The minimum absolute atomic E-state index is 0.0404. The number of carbonyl (C=O) groups is 3. The Bertz CT molecular complexity index is 781. The third kappa shape index (κ3) is 4.51. The van der Waals surface area contributed by atoms with Gasteiger partial charge >= 0.3 is 11.9 Å². The summed E-state index contributed by atoms with van der Waals surface area (Å²) >= 11 is 0. The van der Waals surface area contributed by atoms with Gasteiger partial charge in [0.2, 0.25) is 0 Å². The summed E-state index contributed by atoms with van der Waals surface area (Å²) in [7, 11) is 0. The Morgan fingerprint density at radius 3 is 2.16 bits per heavy atom. The first-order valence-electron chi connectivity index (χ1n) is 7.87.